The van der Waals surface area contributed by atoms with Gasteiger partial charge in [-0.15, -0.1) is 0 Å². The average Bonchev–Trinajstić information content (AvgIpc) is 3.29. The second-order valence-electron chi connectivity index (χ2n) is 7.91. The predicted octanol–water partition coefficient (Wildman–Crippen LogP) is 3.10. The Labute approximate surface area is 149 Å². The number of amides is 2. The number of nitrogens with one attached hydrogen (secondary N) is 1. The lowest BCUT2D eigenvalue weighted by molar-refractivity contribution is 0.113. The van der Waals surface area contributed by atoms with Crippen LogP contribution < -0.4 is 5.32 Å². The fourth-order valence-corrected chi connectivity index (χ4v) is 5.60. The van der Waals surface area contributed by atoms with E-state index >= 15 is 0 Å². The second kappa shape index (κ2) is 6.01. The molecule has 2 heterocycles. The number of sulfone groups is 1. The highest BCUT2D eigenvalue weighted by molar-refractivity contribution is 7.91. The van der Waals surface area contributed by atoms with Crippen LogP contribution in [0.4, 0.5) is 4.79 Å². The maximum Gasteiger partial charge on any atom is 0.318 e. The van der Waals surface area contributed by atoms with Crippen molar-refractivity contribution in [3.63, 3.8) is 0 Å². The minimum atomic E-state index is -3.22. The summed E-state index contributed by atoms with van der Waals surface area (Å²) in [7, 11) is -3.22. The summed E-state index contributed by atoms with van der Waals surface area (Å²) in [6.45, 7) is 2.01. The van der Waals surface area contributed by atoms with Crippen molar-refractivity contribution in [2.75, 3.05) is 5.75 Å². The largest absolute Gasteiger partial charge is 0.334 e. The van der Waals surface area contributed by atoms with Gasteiger partial charge in [0.1, 0.15) is 0 Å². The van der Waals surface area contributed by atoms with E-state index in [2.05, 4.69) is 10.2 Å². The van der Waals surface area contributed by atoms with Crippen LogP contribution in [0, 0.1) is 5.41 Å². The van der Waals surface area contributed by atoms with E-state index in [1.54, 1.807) is 25.1 Å². The van der Waals surface area contributed by atoms with Crippen LogP contribution in [-0.4, -0.2) is 37.2 Å². The summed E-state index contributed by atoms with van der Waals surface area (Å²) < 4.78 is 24.0. The number of hydrogen-bond acceptors (Lipinski definition) is 3. The summed E-state index contributed by atoms with van der Waals surface area (Å²) in [5.41, 5.74) is 1.39. The third-order valence-electron chi connectivity index (χ3n) is 6.23. The van der Waals surface area contributed by atoms with Gasteiger partial charge in [0.25, 0.3) is 0 Å². The molecule has 2 amide bonds. The van der Waals surface area contributed by atoms with E-state index < -0.39 is 9.84 Å². The van der Waals surface area contributed by atoms with Crippen molar-refractivity contribution in [3.8, 4) is 0 Å². The number of hydrogen-bond donors (Lipinski definition) is 1. The van der Waals surface area contributed by atoms with E-state index in [1.165, 1.54) is 25.7 Å². The Bertz CT molecular complexity index is 770. The van der Waals surface area contributed by atoms with E-state index in [-0.39, 0.29) is 11.8 Å². The van der Waals surface area contributed by atoms with Gasteiger partial charge < -0.3 is 10.2 Å². The minimum absolute atomic E-state index is 0.00625. The zero-order valence-electron chi connectivity index (χ0n) is 14.7. The highest BCUT2D eigenvalue weighted by Crippen LogP contribution is 2.59. The van der Waals surface area contributed by atoms with Crippen LogP contribution in [0.25, 0.3) is 0 Å². The van der Waals surface area contributed by atoms with E-state index in [0.717, 1.165) is 18.4 Å². The van der Waals surface area contributed by atoms with Crippen LogP contribution in [0.15, 0.2) is 29.2 Å². The molecule has 1 N–H and O–H groups in total. The van der Waals surface area contributed by atoms with E-state index in [1.807, 2.05) is 6.07 Å². The van der Waals surface area contributed by atoms with Gasteiger partial charge in [-0.25, -0.2) is 13.2 Å². The Hall–Kier alpha value is -1.56. The first-order valence-electron chi connectivity index (χ1n) is 9.30. The average molecular weight is 362 g/mol. The summed E-state index contributed by atoms with van der Waals surface area (Å²) in [6, 6.07) is 7.69. The lowest BCUT2D eigenvalue weighted by atomic mass is 9.88. The van der Waals surface area contributed by atoms with E-state index in [0.29, 0.717) is 28.9 Å². The third kappa shape index (κ3) is 3.16. The first kappa shape index (κ1) is 16.9. The lowest BCUT2D eigenvalue weighted by Crippen LogP contribution is -2.51. The van der Waals surface area contributed by atoms with Crippen molar-refractivity contribution in [3.05, 3.63) is 29.8 Å². The topological polar surface area (TPSA) is 66.5 Å². The highest BCUT2D eigenvalue weighted by atomic mass is 32.2. The van der Waals surface area contributed by atoms with Crippen LogP contribution in [0.3, 0.4) is 0 Å². The standard InChI is InChI=1S/C19H26N2O3S/c1-2-25(23,24)17-5-3-4-14(10-17)13-20-18(22)21-15-6-7-16(21)12-19(11-15)8-9-19/h3-5,10,15-16H,2,6-9,11-13H2,1H3,(H,20,22). The van der Waals surface area contributed by atoms with Gasteiger partial charge in [-0.1, -0.05) is 19.1 Å². The number of urea groups is 1. The lowest BCUT2D eigenvalue weighted by Gasteiger charge is -2.39. The van der Waals surface area contributed by atoms with Gasteiger partial charge in [-0.3, -0.25) is 0 Å². The molecule has 2 saturated heterocycles. The van der Waals surface area contributed by atoms with Gasteiger partial charge in [0.2, 0.25) is 0 Å². The smallest absolute Gasteiger partial charge is 0.318 e. The molecule has 2 atom stereocenters. The third-order valence-corrected chi connectivity index (χ3v) is 7.96. The number of rotatable bonds is 4. The first-order chi connectivity index (χ1) is 11.9. The number of nitrogens with zero attached hydrogens (tertiary/aromatic N) is 1. The maximum atomic E-state index is 12.7. The number of benzene rings is 1. The van der Waals surface area contributed by atoms with Crippen LogP contribution in [-0.2, 0) is 16.4 Å². The second-order valence-corrected chi connectivity index (χ2v) is 10.2. The number of carbonyl (C=O) groups excluding carboxylic acids is 1. The molecule has 136 valence electrons. The monoisotopic (exact) mass is 362 g/mol. The summed E-state index contributed by atoms with van der Waals surface area (Å²) in [5, 5.41) is 3.01. The Kier molecular flexibility index (Phi) is 4.06. The van der Waals surface area contributed by atoms with Gasteiger partial charge in [-0.05, 0) is 61.6 Å². The molecule has 3 aliphatic rings. The van der Waals surface area contributed by atoms with E-state index in [4.69, 9.17) is 0 Å². The molecule has 2 aliphatic heterocycles. The minimum Gasteiger partial charge on any atom is -0.334 e. The molecule has 2 unspecified atom stereocenters. The quantitative estimate of drug-likeness (QED) is 0.895. The Morgan fingerprint density at radius 1 is 1.24 bits per heavy atom. The van der Waals surface area contributed by atoms with Gasteiger partial charge >= 0.3 is 6.03 Å². The van der Waals surface area contributed by atoms with Crippen molar-refractivity contribution >= 4 is 15.9 Å². The van der Waals surface area contributed by atoms with Crippen molar-refractivity contribution in [1.29, 1.82) is 0 Å². The summed E-state index contributed by atoms with van der Waals surface area (Å²) in [4.78, 5) is 15.1. The van der Waals surface area contributed by atoms with Crippen molar-refractivity contribution in [2.45, 2.75) is 69.0 Å². The fraction of sp³-hybridized carbons (Fsp3) is 0.632. The maximum absolute atomic E-state index is 12.7. The number of carbonyl (C=O) groups is 1. The predicted molar refractivity (Wildman–Crippen MR) is 96.0 cm³/mol. The van der Waals surface area contributed by atoms with Crippen LogP contribution >= 0.6 is 0 Å². The summed E-state index contributed by atoms with van der Waals surface area (Å²) >= 11 is 0. The van der Waals surface area contributed by atoms with Crippen LogP contribution in [0.1, 0.15) is 51.0 Å². The Morgan fingerprint density at radius 2 is 1.92 bits per heavy atom. The Morgan fingerprint density at radius 3 is 2.52 bits per heavy atom. The summed E-state index contributed by atoms with van der Waals surface area (Å²) in [5.74, 6) is 0.0850. The fourth-order valence-electron chi connectivity index (χ4n) is 4.65. The van der Waals surface area contributed by atoms with Gasteiger partial charge in [-0.2, -0.15) is 0 Å². The molecule has 1 aliphatic carbocycles. The van der Waals surface area contributed by atoms with Crippen molar-refractivity contribution < 1.29 is 13.2 Å². The molecule has 1 aromatic rings. The molecule has 1 aromatic carbocycles. The number of piperidine rings is 1. The molecular formula is C19H26N2O3S. The molecular weight excluding hydrogens is 336 g/mol. The normalized spacial score (nSPS) is 26.7. The number of fused-ring (bicyclic) bond motifs is 2. The zero-order valence-corrected chi connectivity index (χ0v) is 15.5. The molecule has 1 saturated carbocycles. The zero-order chi connectivity index (χ0) is 17.7. The first-order valence-corrected chi connectivity index (χ1v) is 11.0. The van der Waals surface area contributed by atoms with Crippen LogP contribution in [0.5, 0.6) is 0 Å². The van der Waals surface area contributed by atoms with E-state index in [9.17, 15) is 13.2 Å². The van der Waals surface area contributed by atoms with Gasteiger partial charge in [0.15, 0.2) is 9.84 Å². The molecule has 1 spiro atoms. The molecule has 0 aromatic heterocycles. The van der Waals surface area contributed by atoms with Gasteiger partial charge in [0.05, 0.1) is 10.6 Å². The summed E-state index contributed by atoms with van der Waals surface area (Å²) in [6.07, 6.45) is 7.28. The SMILES string of the molecule is CCS(=O)(=O)c1cccc(CNC(=O)N2C3CCC2CC2(CC2)C3)c1. The van der Waals surface area contributed by atoms with Gasteiger partial charge in [0, 0.05) is 18.6 Å². The molecule has 5 nitrogen and oxygen atoms in total. The molecule has 4 rings (SSSR count). The highest BCUT2D eigenvalue weighted by Gasteiger charge is 2.55. The Balaban J connectivity index is 1.40. The van der Waals surface area contributed by atoms with Crippen LogP contribution in [0.2, 0.25) is 0 Å². The molecule has 3 fully saturated rings. The molecule has 0 radical (unpaired) electrons. The van der Waals surface area contributed by atoms with Crippen molar-refractivity contribution in [1.82, 2.24) is 10.2 Å². The molecule has 6 heteroatoms. The molecule has 25 heavy (non-hydrogen) atoms. The molecule has 2 bridgehead atoms. The van der Waals surface area contributed by atoms with Crippen molar-refractivity contribution in [2.24, 2.45) is 5.41 Å².